The SMILES string of the molecule is COc1ccc(-c2nnc(SCC(=O)c3cccn3C)n2CCc2ccccc2)cc1. The number of thioether (sulfide) groups is 1. The number of methoxy groups -OCH3 is 1. The van der Waals surface area contributed by atoms with Crippen LogP contribution in [0.1, 0.15) is 16.1 Å². The summed E-state index contributed by atoms with van der Waals surface area (Å²) in [6.45, 7) is 0.721. The van der Waals surface area contributed by atoms with Crippen molar-refractivity contribution in [2.24, 2.45) is 7.05 Å². The molecule has 0 N–H and O–H groups in total. The Bertz CT molecular complexity index is 1150. The number of carbonyl (C=O) groups excluding carboxylic acids is 1. The topological polar surface area (TPSA) is 61.9 Å². The maximum atomic E-state index is 12.6. The molecule has 0 aliphatic rings. The molecule has 2 aromatic carbocycles. The smallest absolute Gasteiger partial charge is 0.191 e. The first-order valence-electron chi connectivity index (χ1n) is 10.0. The molecule has 0 spiro atoms. The largest absolute Gasteiger partial charge is 0.497 e. The number of nitrogens with zero attached hydrogens (tertiary/aromatic N) is 4. The zero-order valence-corrected chi connectivity index (χ0v) is 18.4. The zero-order valence-electron chi connectivity index (χ0n) is 17.6. The second-order valence-electron chi connectivity index (χ2n) is 7.14. The first-order valence-corrected chi connectivity index (χ1v) is 11.0. The molecular formula is C24H24N4O2S. The molecule has 2 heterocycles. The van der Waals surface area contributed by atoms with Gasteiger partial charge in [-0.3, -0.25) is 4.79 Å². The lowest BCUT2D eigenvalue weighted by Crippen LogP contribution is -2.10. The lowest BCUT2D eigenvalue weighted by Gasteiger charge is -2.11. The number of aromatic nitrogens is 4. The fourth-order valence-electron chi connectivity index (χ4n) is 3.39. The van der Waals surface area contributed by atoms with Crippen molar-refractivity contribution in [1.29, 1.82) is 0 Å². The highest BCUT2D eigenvalue weighted by molar-refractivity contribution is 7.99. The highest BCUT2D eigenvalue weighted by Crippen LogP contribution is 2.26. The maximum absolute atomic E-state index is 12.6. The standard InChI is InChI=1S/C24H24N4O2S/c1-27-15-6-9-21(27)22(29)17-31-24-26-25-23(19-10-12-20(30-2)13-11-19)28(24)16-14-18-7-4-3-5-8-18/h3-13,15H,14,16-17H2,1-2H3. The van der Waals surface area contributed by atoms with Crippen molar-refractivity contribution in [2.45, 2.75) is 18.1 Å². The molecule has 7 heteroatoms. The van der Waals surface area contributed by atoms with E-state index in [0.29, 0.717) is 11.4 Å². The number of rotatable bonds is 9. The number of carbonyl (C=O) groups is 1. The van der Waals surface area contributed by atoms with Crippen LogP contribution in [0.4, 0.5) is 0 Å². The number of Topliss-reactive ketones (excluding diaryl/α,β-unsaturated/α-hetero) is 1. The quantitative estimate of drug-likeness (QED) is 0.288. The van der Waals surface area contributed by atoms with E-state index < -0.39 is 0 Å². The Hall–Kier alpha value is -3.32. The van der Waals surface area contributed by atoms with Gasteiger partial charge in [-0.2, -0.15) is 0 Å². The van der Waals surface area contributed by atoms with Gasteiger partial charge < -0.3 is 13.9 Å². The van der Waals surface area contributed by atoms with Crippen LogP contribution in [-0.2, 0) is 20.0 Å². The Kier molecular flexibility index (Phi) is 6.52. The predicted octanol–water partition coefficient (Wildman–Crippen LogP) is 4.51. The summed E-state index contributed by atoms with van der Waals surface area (Å²) >= 11 is 1.42. The molecule has 31 heavy (non-hydrogen) atoms. The van der Waals surface area contributed by atoms with E-state index in [-0.39, 0.29) is 5.78 Å². The Morgan fingerprint density at radius 1 is 1.00 bits per heavy atom. The second-order valence-corrected chi connectivity index (χ2v) is 8.08. The summed E-state index contributed by atoms with van der Waals surface area (Å²) in [5, 5.41) is 9.60. The summed E-state index contributed by atoms with van der Waals surface area (Å²) in [6, 6.07) is 21.8. The van der Waals surface area contributed by atoms with Gasteiger partial charge >= 0.3 is 0 Å². The lowest BCUT2D eigenvalue weighted by atomic mass is 10.1. The molecule has 6 nitrogen and oxygen atoms in total. The van der Waals surface area contributed by atoms with Crippen molar-refractivity contribution in [2.75, 3.05) is 12.9 Å². The number of benzene rings is 2. The molecule has 0 aliphatic carbocycles. The molecule has 0 bridgehead atoms. The predicted molar refractivity (Wildman–Crippen MR) is 123 cm³/mol. The summed E-state index contributed by atoms with van der Waals surface area (Å²) in [4.78, 5) is 12.6. The van der Waals surface area contributed by atoms with Gasteiger partial charge in [0.1, 0.15) is 5.75 Å². The van der Waals surface area contributed by atoms with Gasteiger partial charge in [-0.15, -0.1) is 10.2 Å². The van der Waals surface area contributed by atoms with Crippen molar-refractivity contribution in [3.63, 3.8) is 0 Å². The van der Waals surface area contributed by atoms with Crippen molar-refractivity contribution < 1.29 is 9.53 Å². The molecular weight excluding hydrogens is 408 g/mol. The van der Waals surface area contributed by atoms with Crippen LogP contribution in [0.25, 0.3) is 11.4 Å². The van der Waals surface area contributed by atoms with Gasteiger partial charge in [0.2, 0.25) is 0 Å². The van der Waals surface area contributed by atoms with Crippen LogP contribution in [-0.4, -0.2) is 38.0 Å². The highest BCUT2D eigenvalue weighted by atomic mass is 32.2. The molecule has 158 valence electrons. The summed E-state index contributed by atoms with van der Waals surface area (Å²) in [5.74, 6) is 1.96. The normalized spacial score (nSPS) is 10.9. The van der Waals surface area contributed by atoms with E-state index in [2.05, 4.69) is 26.9 Å². The summed E-state index contributed by atoms with van der Waals surface area (Å²) in [5.41, 5.74) is 2.90. The van der Waals surface area contributed by atoms with E-state index in [0.717, 1.165) is 35.3 Å². The molecule has 0 radical (unpaired) electrons. The van der Waals surface area contributed by atoms with E-state index in [1.807, 2.05) is 72.4 Å². The van der Waals surface area contributed by atoms with Crippen molar-refractivity contribution in [3.05, 3.63) is 84.2 Å². The van der Waals surface area contributed by atoms with Crippen molar-refractivity contribution >= 4 is 17.5 Å². The number of ether oxygens (including phenoxy) is 1. The molecule has 0 unspecified atom stereocenters. The summed E-state index contributed by atoms with van der Waals surface area (Å²) in [7, 11) is 3.53. The van der Waals surface area contributed by atoms with E-state index in [4.69, 9.17) is 4.74 Å². The van der Waals surface area contributed by atoms with E-state index in [1.165, 1.54) is 17.3 Å². The van der Waals surface area contributed by atoms with Gasteiger partial charge in [-0.05, 0) is 48.4 Å². The second kappa shape index (κ2) is 9.66. The van der Waals surface area contributed by atoms with Gasteiger partial charge in [-0.25, -0.2) is 0 Å². The Balaban J connectivity index is 1.58. The Morgan fingerprint density at radius 2 is 1.77 bits per heavy atom. The third-order valence-corrected chi connectivity index (χ3v) is 6.06. The van der Waals surface area contributed by atoms with E-state index >= 15 is 0 Å². The van der Waals surface area contributed by atoms with Crippen molar-refractivity contribution in [3.8, 4) is 17.1 Å². The molecule has 4 rings (SSSR count). The summed E-state index contributed by atoms with van der Waals surface area (Å²) in [6.07, 6.45) is 2.73. The molecule has 0 amide bonds. The van der Waals surface area contributed by atoms with Crippen LogP contribution < -0.4 is 4.74 Å². The molecule has 0 atom stereocenters. The highest BCUT2D eigenvalue weighted by Gasteiger charge is 2.17. The fourth-order valence-corrected chi connectivity index (χ4v) is 4.23. The maximum Gasteiger partial charge on any atom is 0.191 e. The summed E-state index contributed by atoms with van der Waals surface area (Å²) < 4.78 is 9.20. The minimum absolute atomic E-state index is 0.0705. The molecule has 0 fully saturated rings. The average Bonchev–Trinajstić information content (AvgIpc) is 3.42. The number of aryl methyl sites for hydroxylation is 2. The van der Waals surface area contributed by atoms with Crippen LogP contribution in [0.3, 0.4) is 0 Å². The number of hydrogen-bond donors (Lipinski definition) is 0. The first-order chi connectivity index (χ1) is 15.2. The fraction of sp³-hybridized carbons (Fsp3) is 0.208. The van der Waals surface area contributed by atoms with Gasteiger partial charge in [-0.1, -0.05) is 42.1 Å². The minimum Gasteiger partial charge on any atom is -0.497 e. The van der Waals surface area contributed by atoms with E-state index in [1.54, 1.807) is 7.11 Å². The first kappa shape index (κ1) is 20.9. The third kappa shape index (κ3) is 4.88. The zero-order chi connectivity index (χ0) is 21.6. The molecule has 0 aliphatic heterocycles. The van der Waals surface area contributed by atoms with Crippen LogP contribution in [0.15, 0.2) is 78.1 Å². The number of hydrogen-bond acceptors (Lipinski definition) is 5. The van der Waals surface area contributed by atoms with E-state index in [9.17, 15) is 4.79 Å². The average molecular weight is 433 g/mol. The minimum atomic E-state index is 0.0705. The monoisotopic (exact) mass is 432 g/mol. The number of ketones is 1. The molecule has 0 saturated heterocycles. The molecule has 0 saturated carbocycles. The molecule has 4 aromatic rings. The Morgan fingerprint density at radius 3 is 2.45 bits per heavy atom. The van der Waals surface area contributed by atoms with Gasteiger partial charge in [0.25, 0.3) is 0 Å². The van der Waals surface area contributed by atoms with Crippen LogP contribution in [0.5, 0.6) is 5.75 Å². The van der Waals surface area contributed by atoms with Gasteiger partial charge in [0.15, 0.2) is 16.8 Å². The van der Waals surface area contributed by atoms with Crippen molar-refractivity contribution in [1.82, 2.24) is 19.3 Å². The molecule has 2 aromatic heterocycles. The van der Waals surface area contributed by atoms with Crippen LogP contribution >= 0.6 is 11.8 Å². The van der Waals surface area contributed by atoms with Crippen LogP contribution in [0.2, 0.25) is 0 Å². The third-order valence-electron chi connectivity index (χ3n) is 5.09. The lowest BCUT2D eigenvalue weighted by molar-refractivity contribution is 0.101. The van der Waals surface area contributed by atoms with Gasteiger partial charge in [0.05, 0.1) is 18.6 Å². The van der Waals surface area contributed by atoms with Gasteiger partial charge in [0, 0.05) is 25.4 Å². The van der Waals surface area contributed by atoms with Crippen LogP contribution in [0, 0.1) is 0 Å². The Labute approximate surface area is 185 Å².